The molecular formula is C28H32ClN11O5. The number of nitriles is 2. The maximum atomic E-state index is 13.9. The summed E-state index contributed by atoms with van der Waals surface area (Å²) in [6.45, 7) is 10.0. The summed E-state index contributed by atoms with van der Waals surface area (Å²) >= 11 is 7.00. The fourth-order valence-electron chi connectivity index (χ4n) is 4.76. The van der Waals surface area contributed by atoms with Gasteiger partial charge in [0.1, 0.15) is 11.7 Å². The van der Waals surface area contributed by atoms with Crippen LogP contribution in [0.2, 0.25) is 5.02 Å². The van der Waals surface area contributed by atoms with Crippen molar-refractivity contribution in [2.75, 3.05) is 47.4 Å². The van der Waals surface area contributed by atoms with E-state index < -0.39 is 29.7 Å². The second-order valence-electron chi connectivity index (χ2n) is 11.1. The van der Waals surface area contributed by atoms with Crippen molar-refractivity contribution in [3.05, 3.63) is 34.6 Å². The van der Waals surface area contributed by atoms with Crippen molar-refractivity contribution in [3.63, 3.8) is 0 Å². The lowest BCUT2D eigenvalue weighted by atomic mass is 10.1. The minimum atomic E-state index is -1.36. The first kappa shape index (κ1) is 32.7. The van der Waals surface area contributed by atoms with Gasteiger partial charge in [0.25, 0.3) is 5.95 Å². The number of ether oxygens (including phenoxy) is 1. The van der Waals surface area contributed by atoms with Gasteiger partial charge in [-0.2, -0.15) is 20.0 Å². The van der Waals surface area contributed by atoms with Gasteiger partial charge in [0.2, 0.25) is 5.91 Å². The molecule has 0 saturated carbocycles. The molecule has 3 heterocycles. The summed E-state index contributed by atoms with van der Waals surface area (Å²) in [4.78, 5) is 52.0. The number of hydrogen-bond acceptors (Lipinski definition) is 11. The van der Waals surface area contributed by atoms with Crippen molar-refractivity contribution >= 4 is 58.5 Å². The highest BCUT2D eigenvalue weighted by Gasteiger charge is 2.34. The zero-order valence-corrected chi connectivity index (χ0v) is 26.1. The highest BCUT2D eigenvalue weighted by Crippen LogP contribution is 2.40. The lowest BCUT2D eigenvalue weighted by Crippen LogP contribution is -2.53. The zero-order valence-electron chi connectivity index (χ0n) is 25.4. The third-order valence-electron chi connectivity index (χ3n) is 7.05. The van der Waals surface area contributed by atoms with E-state index in [0.717, 1.165) is 14.3 Å². The fraction of sp³-hybridized carbons (Fsp3) is 0.429. The summed E-state index contributed by atoms with van der Waals surface area (Å²) in [7, 11) is 0. The minimum absolute atomic E-state index is 0.0183. The summed E-state index contributed by atoms with van der Waals surface area (Å²) in [5.74, 6) is -1.02. The Morgan fingerprint density at radius 1 is 1.18 bits per heavy atom. The van der Waals surface area contributed by atoms with Crippen molar-refractivity contribution in [3.8, 4) is 12.1 Å². The topological polar surface area (TPSA) is 210 Å². The van der Waals surface area contributed by atoms with Crippen LogP contribution in [0.25, 0.3) is 5.65 Å². The molecule has 3 amide bonds. The van der Waals surface area contributed by atoms with Crippen LogP contribution in [0.5, 0.6) is 0 Å². The first-order valence-corrected chi connectivity index (χ1v) is 14.3. The zero-order chi connectivity index (χ0) is 33.2. The molecule has 0 bridgehead atoms. The molecule has 0 aliphatic carbocycles. The second-order valence-corrected chi connectivity index (χ2v) is 11.5. The number of imidazole rings is 1. The molecule has 1 aromatic carbocycles. The molecule has 1 unspecified atom stereocenters. The number of fused-ring (bicyclic) bond motifs is 1. The van der Waals surface area contributed by atoms with Gasteiger partial charge in [0.05, 0.1) is 40.3 Å². The van der Waals surface area contributed by atoms with Crippen LogP contribution in [0, 0.1) is 22.7 Å². The molecular weight excluding hydrogens is 606 g/mol. The second kappa shape index (κ2) is 12.8. The van der Waals surface area contributed by atoms with E-state index in [1.807, 2.05) is 15.9 Å². The maximum absolute atomic E-state index is 13.9. The predicted octanol–water partition coefficient (Wildman–Crippen LogP) is 3.09. The monoisotopic (exact) mass is 637 g/mol. The van der Waals surface area contributed by atoms with E-state index in [1.54, 1.807) is 40.7 Å². The van der Waals surface area contributed by atoms with Gasteiger partial charge in [-0.05, 0) is 46.8 Å². The first-order valence-electron chi connectivity index (χ1n) is 13.9. The van der Waals surface area contributed by atoms with Crippen LogP contribution in [-0.2, 0) is 9.53 Å². The number of aromatic nitrogens is 4. The number of nitrogens with zero attached hydrogens (tertiary/aromatic N) is 10. The molecule has 2 aromatic heterocycles. The Bertz CT molecular complexity index is 1730. The van der Waals surface area contributed by atoms with Crippen molar-refractivity contribution in [2.45, 2.75) is 46.3 Å². The molecule has 1 atom stereocenters. The lowest BCUT2D eigenvalue weighted by Gasteiger charge is -2.39. The highest BCUT2D eigenvalue weighted by molar-refractivity contribution is 6.36. The van der Waals surface area contributed by atoms with Crippen LogP contribution in [0.4, 0.5) is 32.7 Å². The molecule has 3 N–H and O–H groups in total. The molecule has 1 saturated heterocycles. The number of carboxylic acid groups (broad SMARTS) is 1. The molecule has 17 heteroatoms. The molecule has 3 aromatic rings. The number of piperazine rings is 1. The quantitative estimate of drug-likeness (QED) is 0.383. The summed E-state index contributed by atoms with van der Waals surface area (Å²) < 4.78 is 6.76. The van der Waals surface area contributed by atoms with Crippen LogP contribution in [0.1, 0.15) is 45.9 Å². The Morgan fingerprint density at radius 3 is 2.38 bits per heavy atom. The van der Waals surface area contributed by atoms with Crippen LogP contribution in [0.3, 0.4) is 0 Å². The lowest BCUT2D eigenvalue weighted by molar-refractivity contribution is -0.122. The van der Waals surface area contributed by atoms with E-state index in [0.29, 0.717) is 31.9 Å². The van der Waals surface area contributed by atoms with Crippen molar-refractivity contribution < 1.29 is 24.2 Å². The fourth-order valence-corrected chi connectivity index (χ4v) is 5.07. The van der Waals surface area contributed by atoms with Crippen molar-refractivity contribution in [2.24, 2.45) is 5.73 Å². The largest absolute Gasteiger partial charge is 0.465 e. The van der Waals surface area contributed by atoms with Gasteiger partial charge in [-0.25, -0.2) is 19.5 Å². The van der Waals surface area contributed by atoms with Crippen LogP contribution in [0.15, 0.2) is 18.3 Å². The van der Waals surface area contributed by atoms with E-state index in [4.69, 9.17) is 22.1 Å². The number of benzene rings is 1. The Morgan fingerprint density at radius 2 is 1.84 bits per heavy atom. The summed E-state index contributed by atoms with van der Waals surface area (Å²) in [5, 5.41) is 34.0. The molecule has 4 rings (SSSR count). The van der Waals surface area contributed by atoms with Gasteiger partial charge in [0, 0.05) is 32.7 Å². The van der Waals surface area contributed by atoms with E-state index >= 15 is 0 Å². The Balaban J connectivity index is 1.94. The van der Waals surface area contributed by atoms with Crippen LogP contribution >= 0.6 is 11.6 Å². The number of rotatable bonds is 7. The maximum Gasteiger partial charge on any atom is 0.422 e. The van der Waals surface area contributed by atoms with Crippen molar-refractivity contribution in [1.82, 2.24) is 24.5 Å². The molecule has 236 valence electrons. The number of carbonyl (C=O) groups is 3. The van der Waals surface area contributed by atoms with Gasteiger partial charge in [-0.3, -0.25) is 14.6 Å². The average molecular weight is 638 g/mol. The molecule has 45 heavy (non-hydrogen) atoms. The van der Waals surface area contributed by atoms with Crippen LogP contribution in [-0.4, -0.2) is 92.0 Å². The first-order chi connectivity index (χ1) is 21.2. The van der Waals surface area contributed by atoms with Gasteiger partial charge < -0.3 is 20.5 Å². The molecule has 1 aliphatic heterocycles. The van der Waals surface area contributed by atoms with E-state index in [-0.39, 0.29) is 45.9 Å². The summed E-state index contributed by atoms with van der Waals surface area (Å²) in [5.41, 5.74) is 4.95. The van der Waals surface area contributed by atoms with Crippen molar-refractivity contribution in [1.29, 1.82) is 10.5 Å². The summed E-state index contributed by atoms with van der Waals surface area (Å²) in [6, 6.07) is 6.50. The number of halogens is 1. The number of carbonyl (C=O) groups excluding carboxylic acids is 2. The predicted molar refractivity (Wildman–Crippen MR) is 164 cm³/mol. The van der Waals surface area contributed by atoms with Gasteiger partial charge >= 0.3 is 12.2 Å². The normalized spacial score (nSPS) is 14.4. The smallest absolute Gasteiger partial charge is 0.422 e. The molecule has 0 radical (unpaired) electrons. The van der Waals surface area contributed by atoms with Gasteiger partial charge in [-0.15, -0.1) is 5.10 Å². The number of amides is 3. The number of anilines is 4. The highest BCUT2D eigenvalue weighted by atomic mass is 35.5. The van der Waals surface area contributed by atoms with E-state index in [9.17, 15) is 30.0 Å². The Kier molecular flexibility index (Phi) is 9.31. The van der Waals surface area contributed by atoms with Crippen LogP contribution < -0.4 is 20.4 Å². The third kappa shape index (κ3) is 6.67. The molecule has 1 fully saturated rings. The standard InChI is InChI=1S/C28H32ClN11O5/c1-6-38(26(42)43)24-23-33-15-18(14-31)40(23)35-25(34-24)39(27(44)45-28(3,4)5)20-12-17(13-30)11-19(21(20)29)37-9-7-36(8-10-37)16(2)22(32)41/h11-12,15-16H,6-10H2,1-5H3,(H2,32,41)(H,42,43). The molecule has 1 aliphatic rings. The summed E-state index contributed by atoms with van der Waals surface area (Å²) in [6.07, 6.45) is -1.14. The minimum Gasteiger partial charge on any atom is -0.465 e. The SMILES string of the molecule is CCN(C(=O)O)c1nc(N(C(=O)OC(C)(C)C)c2cc(C#N)cc(N3CCN(C(C)C(N)=O)CC3)c2Cl)nn2c(C#N)cnc12. The van der Waals surface area contributed by atoms with E-state index in [2.05, 4.69) is 21.1 Å². The third-order valence-corrected chi connectivity index (χ3v) is 7.43. The number of primary amides is 1. The molecule has 0 spiro atoms. The number of nitrogens with two attached hydrogens (primary N) is 1. The van der Waals surface area contributed by atoms with Gasteiger partial charge in [-0.1, -0.05) is 11.6 Å². The average Bonchev–Trinajstić information content (AvgIpc) is 3.40. The number of hydrogen-bond donors (Lipinski definition) is 2. The van der Waals surface area contributed by atoms with E-state index in [1.165, 1.54) is 12.3 Å². The van der Waals surface area contributed by atoms with Gasteiger partial charge in [0.15, 0.2) is 17.2 Å². The molecule has 16 nitrogen and oxygen atoms in total. The Hall–Kier alpha value is -5.19. The Labute approximate surface area is 263 Å².